The van der Waals surface area contributed by atoms with Crippen LogP contribution in [0.1, 0.15) is 25.7 Å². The van der Waals surface area contributed by atoms with Crippen LogP contribution in [0, 0.1) is 0 Å². The lowest BCUT2D eigenvalue weighted by molar-refractivity contribution is -0.142. The van der Waals surface area contributed by atoms with Crippen LogP contribution < -0.4 is 44.6 Å². The van der Waals surface area contributed by atoms with Crippen molar-refractivity contribution in [3.8, 4) is 0 Å². The van der Waals surface area contributed by atoms with Crippen molar-refractivity contribution < 1.29 is 39.0 Å². The highest BCUT2D eigenvalue weighted by atomic mass is 16.4. The van der Waals surface area contributed by atoms with E-state index in [0.717, 1.165) is 0 Å². The molecule has 5 amide bonds. The third kappa shape index (κ3) is 12.2. The molecule has 17 nitrogen and oxygen atoms in total. The predicted octanol–water partition coefficient (Wildman–Crippen LogP) is -6.35. The van der Waals surface area contributed by atoms with Crippen LogP contribution >= 0.6 is 0 Å². The zero-order valence-electron chi connectivity index (χ0n) is 18.2. The molecule has 0 radical (unpaired) electrons. The minimum Gasteiger partial charge on any atom is -0.480 e. The molecule has 0 heterocycles. The summed E-state index contributed by atoms with van der Waals surface area (Å²) in [5.74, 6) is -6.63. The summed E-state index contributed by atoms with van der Waals surface area (Å²) < 4.78 is 0. The summed E-state index contributed by atoms with van der Waals surface area (Å²) in [6, 6.07) is -6.06. The Hall–Kier alpha value is -3.99. The maximum Gasteiger partial charge on any atom is 0.326 e. The van der Waals surface area contributed by atoms with Gasteiger partial charge >= 0.3 is 5.97 Å². The van der Waals surface area contributed by atoms with Gasteiger partial charge in [-0.15, -0.1) is 0 Å². The van der Waals surface area contributed by atoms with E-state index in [1.807, 2.05) is 0 Å². The molecule has 0 spiro atoms. The second kappa shape index (κ2) is 15.0. The van der Waals surface area contributed by atoms with Crippen molar-refractivity contribution >= 4 is 41.5 Å². The van der Waals surface area contributed by atoms with Crippen LogP contribution in [0.4, 0.5) is 0 Å². The Bertz CT molecular complexity index is 800. The number of nitrogens with zero attached hydrogens (tertiary/aromatic N) is 1. The van der Waals surface area contributed by atoms with Crippen molar-refractivity contribution in [1.82, 2.24) is 16.0 Å². The number of guanidine groups is 1. The number of aliphatic carboxylic acids is 1. The van der Waals surface area contributed by atoms with Gasteiger partial charge in [-0.05, 0) is 12.8 Å². The fourth-order valence-corrected chi connectivity index (χ4v) is 2.50. The Morgan fingerprint density at radius 1 is 0.765 bits per heavy atom. The zero-order valence-corrected chi connectivity index (χ0v) is 18.2. The molecule has 0 aliphatic heterocycles. The van der Waals surface area contributed by atoms with Crippen LogP contribution in [0.2, 0.25) is 0 Å². The maximum absolute atomic E-state index is 12.5. The first-order valence-electron chi connectivity index (χ1n) is 9.90. The summed E-state index contributed by atoms with van der Waals surface area (Å²) in [5, 5.41) is 25.1. The molecule has 0 aromatic carbocycles. The van der Waals surface area contributed by atoms with E-state index in [2.05, 4.69) is 20.9 Å². The molecule has 0 aromatic rings. The van der Waals surface area contributed by atoms with Crippen molar-refractivity contribution in [3.05, 3.63) is 0 Å². The van der Waals surface area contributed by atoms with E-state index >= 15 is 0 Å². The first kappa shape index (κ1) is 30.0. The van der Waals surface area contributed by atoms with Crippen molar-refractivity contribution in [2.45, 2.75) is 49.9 Å². The van der Waals surface area contributed by atoms with Crippen LogP contribution in [0.3, 0.4) is 0 Å². The average molecular weight is 489 g/mol. The van der Waals surface area contributed by atoms with Gasteiger partial charge in [0, 0.05) is 6.54 Å². The summed E-state index contributed by atoms with van der Waals surface area (Å²) in [7, 11) is 0. The number of primary amides is 2. The third-order valence-electron chi connectivity index (χ3n) is 4.17. The molecule has 192 valence electrons. The van der Waals surface area contributed by atoms with E-state index in [1.54, 1.807) is 0 Å². The molecule has 0 rings (SSSR count). The minimum absolute atomic E-state index is 0.0812. The fourth-order valence-electron chi connectivity index (χ4n) is 2.50. The third-order valence-corrected chi connectivity index (χ3v) is 4.17. The first-order chi connectivity index (χ1) is 15.8. The molecule has 4 unspecified atom stereocenters. The smallest absolute Gasteiger partial charge is 0.326 e. The number of rotatable bonds is 16. The lowest BCUT2D eigenvalue weighted by Gasteiger charge is -2.23. The Kier molecular flexibility index (Phi) is 13.2. The molecular weight excluding hydrogens is 458 g/mol. The van der Waals surface area contributed by atoms with E-state index in [0.29, 0.717) is 0 Å². The minimum atomic E-state index is -1.63. The lowest BCUT2D eigenvalue weighted by atomic mass is 10.1. The van der Waals surface area contributed by atoms with Gasteiger partial charge in [-0.2, -0.15) is 0 Å². The first-order valence-corrected chi connectivity index (χ1v) is 9.90. The summed E-state index contributed by atoms with van der Waals surface area (Å²) in [4.78, 5) is 74.3. The normalized spacial score (nSPS) is 13.9. The van der Waals surface area contributed by atoms with E-state index in [4.69, 9.17) is 28.7 Å². The van der Waals surface area contributed by atoms with Gasteiger partial charge in [-0.3, -0.25) is 29.0 Å². The summed E-state index contributed by atoms with van der Waals surface area (Å²) >= 11 is 0. The molecule has 0 saturated carbocycles. The Labute approximate surface area is 193 Å². The van der Waals surface area contributed by atoms with Crippen LogP contribution in [-0.4, -0.2) is 89.0 Å². The number of aliphatic imine (C=N–C) groups is 1. The van der Waals surface area contributed by atoms with Gasteiger partial charge in [0.1, 0.15) is 18.1 Å². The zero-order chi connectivity index (χ0) is 26.4. The van der Waals surface area contributed by atoms with Gasteiger partial charge in [0.05, 0.1) is 25.5 Å². The Balaban J connectivity index is 5.27. The molecule has 0 aromatic heterocycles. The number of carboxylic acids is 1. The number of carbonyl (C=O) groups excluding carboxylic acids is 5. The number of aliphatic hydroxyl groups excluding tert-OH is 1. The predicted molar refractivity (Wildman–Crippen MR) is 116 cm³/mol. The van der Waals surface area contributed by atoms with Crippen molar-refractivity contribution in [2.24, 2.45) is 33.7 Å². The molecule has 0 fully saturated rings. The Morgan fingerprint density at radius 3 is 1.74 bits per heavy atom. The Morgan fingerprint density at radius 2 is 1.26 bits per heavy atom. The molecule has 17 heteroatoms. The van der Waals surface area contributed by atoms with Gasteiger partial charge in [0.2, 0.25) is 29.5 Å². The van der Waals surface area contributed by atoms with Crippen LogP contribution in [-0.2, 0) is 28.8 Å². The largest absolute Gasteiger partial charge is 0.480 e. The van der Waals surface area contributed by atoms with Crippen LogP contribution in [0.5, 0.6) is 0 Å². The lowest BCUT2D eigenvalue weighted by Crippen LogP contribution is -2.58. The van der Waals surface area contributed by atoms with E-state index in [1.165, 1.54) is 0 Å². The highest BCUT2D eigenvalue weighted by Gasteiger charge is 2.31. The SMILES string of the molecule is NC(=O)CC(N)C(=O)NC(CO)C(=O)NC(CC(N)=O)C(=O)NC(CCCN=C(N)N)C(=O)O. The van der Waals surface area contributed by atoms with Gasteiger partial charge in [-0.1, -0.05) is 0 Å². The van der Waals surface area contributed by atoms with Gasteiger partial charge in [-0.25, -0.2) is 4.79 Å². The van der Waals surface area contributed by atoms with Gasteiger partial charge in [0.25, 0.3) is 0 Å². The summed E-state index contributed by atoms with van der Waals surface area (Å²) in [6.07, 6.45) is -1.14. The van der Waals surface area contributed by atoms with Crippen molar-refractivity contribution in [3.63, 3.8) is 0 Å². The molecule has 0 aliphatic rings. The van der Waals surface area contributed by atoms with E-state index in [-0.39, 0.29) is 25.3 Å². The molecule has 34 heavy (non-hydrogen) atoms. The number of nitrogens with two attached hydrogens (primary N) is 5. The number of carboxylic acid groups (broad SMARTS) is 1. The van der Waals surface area contributed by atoms with Crippen LogP contribution in [0.25, 0.3) is 0 Å². The fraction of sp³-hybridized carbons (Fsp3) is 0.588. The quantitative estimate of drug-likeness (QED) is 0.0551. The van der Waals surface area contributed by atoms with E-state index < -0.39 is 79.1 Å². The van der Waals surface area contributed by atoms with Gasteiger partial charge in [0.15, 0.2) is 5.96 Å². The monoisotopic (exact) mass is 489 g/mol. The highest BCUT2D eigenvalue weighted by Crippen LogP contribution is 2.02. The summed E-state index contributed by atoms with van der Waals surface area (Å²) in [5.41, 5.74) is 25.8. The molecule has 4 atom stereocenters. The molecule has 0 aliphatic carbocycles. The molecule has 15 N–H and O–H groups in total. The average Bonchev–Trinajstić information content (AvgIpc) is 2.71. The summed E-state index contributed by atoms with van der Waals surface area (Å²) in [6.45, 7) is -0.840. The van der Waals surface area contributed by atoms with E-state index in [9.17, 15) is 39.0 Å². The number of amides is 5. The van der Waals surface area contributed by atoms with Crippen LogP contribution in [0.15, 0.2) is 4.99 Å². The maximum atomic E-state index is 12.5. The number of nitrogens with one attached hydrogen (secondary N) is 3. The van der Waals surface area contributed by atoms with Gasteiger partial charge < -0.3 is 54.8 Å². The highest BCUT2D eigenvalue weighted by molar-refractivity contribution is 5.96. The second-order valence-corrected chi connectivity index (χ2v) is 7.10. The van der Waals surface area contributed by atoms with Crippen molar-refractivity contribution in [2.75, 3.05) is 13.2 Å². The number of hydrogen-bond donors (Lipinski definition) is 10. The standard InChI is InChI=1S/C17H31N9O8/c18-7(4-11(19)28)13(30)26-10(6-27)15(32)25-9(5-12(20)29)14(31)24-8(16(33)34)2-1-3-23-17(21)22/h7-10,27H,1-6,18H2,(H2,19,28)(H2,20,29)(H,24,31)(H,25,32)(H,26,30)(H,33,34)(H4,21,22,23). The number of aliphatic hydroxyl groups is 1. The van der Waals surface area contributed by atoms with Crippen molar-refractivity contribution in [1.29, 1.82) is 0 Å². The number of carbonyl (C=O) groups is 6. The second-order valence-electron chi connectivity index (χ2n) is 7.10. The topological polar surface area (TPSA) is 321 Å². The number of hydrogen-bond acceptors (Lipinski definition) is 9. The molecule has 0 bridgehead atoms. The molecule has 0 saturated heterocycles. The molecular formula is C17H31N9O8.